The van der Waals surface area contributed by atoms with E-state index in [0.717, 1.165) is 22.4 Å². The van der Waals surface area contributed by atoms with E-state index in [1.807, 2.05) is 31.3 Å². The Kier molecular flexibility index (Phi) is 4.96. The van der Waals surface area contributed by atoms with Crippen molar-refractivity contribution < 1.29 is 19.1 Å². The molecule has 1 heterocycles. The molecule has 1 N–H and O–H groups in total. The largest absolute Gasteiger partial charge is 0.497 e. The molecule has 0 atom stereocenters. The van der Waals surface area contributed by atoms with Crippen LogP contribution >= 0.6 is 0 Å². The summed E-state index contributed by atoms with van der Waals surface area (Å²) in [4.78, 5) is 0. The molecule has 0 saturated carbocycles. The number of hydrogen-bond donors (Lipinski definition) is 1. The van der Waals surface area contributed by atoms with Crippen LogP contribution in [0.4, 0.5) is 0 Å². The quantitative estimate of drug-likeness (QED) is 0.560. The lowest BCUT2D eigenvalue weighted by molar-refractivity contribution is -0.669. The minimum Gasteiger partial charge on any atom is -0.497 e. The molecule has 0 saturated heterocycles. The monoisotopic (exact) mass is 324 g/mol. The summed E-state index contributed by atoms with van der Waals surface area (Å²) in [5.41, 5.74) is 2.31. The van der Waals surface area contributed by atoms with E-state index in [0.29, 0.717) is 13.0 Å². The Hall–Kier alpha value is -2.59. The maximum Gasteiger partial charge on any atom is 0.177 e. The van der Waals surface area contributed by atoms with E-state index in [1.54, 1.807) is 7.11 Å². The van der Waals surface area contributed by atoms with Crippen LogP contribution in [0.25, 0.3) is 21.9 Å². The predicted octanol–water partition coefficient (Wildman–Crippen LogP) is 3.10. The molecule has 0 unspecified atom stereocenters. The summed E-state index contributed by atoms with van der Waals surface area (Å²) < 4.78 is 13.0. The lowest BCUT2D eigenvalue weighted by Gasteiger charge is -2.09. The minimum atomic E-state index is 0.143. The first-order valence-electron chi connectivity index (χ1n) is 8.02. The lowest BCUT2D eigenvalue weighted by atomic mass is 10.0. The number of nitrogens with zero attached hydrogens (tertiary/aromatic N) is 1. The van der Waals surface area contributed by atoms with E-state index >= 15 is 0 Å². The van der Waals surface area contributed by atoms with Gasteiger partial charge in [-0.25, -0.2) is 4.57 Å². The SMILES string of the molecule is COc1ccc(-c2c[n+](C)cc3cc(OCCCO)ccc23)cc1. The molecule has 0 bridgehead atoms. The third-order valence-electron chi connectivity index (χ3n) is 3.96. The second-order valence-corrected chi connectivity index (χ2v) is 5.74. The molecule has 0 fully saturated rings. The van der Waals surface area contributed by atoms with E-state index in [4.69, 9.17) is 14.6 Å². The van der Waals surface area contributed by atoms with Gasteiger partial charge < -0.3 is 14.6 Å². The number of aromatic nitrogens is 1. The highest BCUT2D eigenvalue weighted by atomic mass is 16.5. The van der Waals surface area contributed by atoms with Gasteiger partial charge in [0.25, 0.3) is 0 Å². The van der Waals surface area contributed by atoms with Gasteiger partial charge >= 0.3 is 0 Å². The predicted molar refractivity (Wildman–Crippen MR) is 94.3 cm³/mol. The van der Waals surface area contributed by atoms with Crippen molar-refractivity contribution in [1.29, 1.82) is 0 Å². The fourth-order valence-electron chi connectivity index (χ4n) is 2.77. The van der Waals surface area contributed by atoms with Crippen LogP contribution in [0.5, 0.6) is 11.5 Å². The van der Waals surface area contributed by atoms with E-state index < -0.39 is 0 Å². The Balaban J connectivity index is 2.01. The first kappa shape index (κ1) is 16.3. The maximum atomic E-state index is 8.86. The number of hydrogen-bond acceptors (Lipinski definition) is 3. The van der Waals surface area contributed by atoms with Crippen molar-refractivity contribution in [3.05, 3.63) is 54.9 Å². The van der Waals surface area contributed by atoms with Crippen molar-refractivity contribution in [2.45, 2.75) is 6.42 Å². The lowest BCUT2D eigenvalue weighted by Crippen LogP contribution is -2.26. The van der Waals surface area contributed by atoms with Crippen molar-refractivity contribution >= 4 is 10.8 Å². The van der Waals surface area contributed by atoms with Gasteiger partial charge in [-0.05, 0) is 35.9 Å². The van der Waals surface area contributed by atoms with Crippen molar-refractivity contribution in [3.63, 3.8) is 0 Å². The zero-order valence-corrected chi connectivity index (χ0v) is 14.0. The molecule has 0 spiro atoms. The fourth-order valence-corrected chi connectivity index (χ4v) is 2.77. The third-order valence-corrected chi connectivity index (χ3v) is 3.96. The number of aryl methyl sites for hydroxylation is 1. The van der Waals surface area contributed by atoms with E-state index in [-0.39, 0.29) is 6.61 Å². The number of benzene rings is 2. The molecular weight excluding hydrogens is 302 g/mol. The van der Waals surface area contributed by atoms with Gasteiger partial charge in [-0.2, -0.15) is 0 Å². The summed E-state index contributed by atoms with van der Waals surface area (Å²) in [6.45, 7) is 0.663. The molecule has 3 rings (SSSR count). The summed E-state index contributed by atoms with van der Waals surface area (Å²) in [5.74, 6) is 1.67. The third kappa shape index (κ3) is 3.49. The molecule has 3 aromatic rings. The molecule has 0 amide bonds. The molecule has 0 aliphatic rings. The Labute approximate surface area is 141 Å². The molecular formula is C20H22NO3+. The van der Waals surface area contributed by atoms with E-state index in [2.05, 4.69) is 35.2 Å². The Morgan fingerprint density at radius 3 is 2.46 bits per heavy atom. The Morgan fingerprint density at radius 2 is 1.75 bits per heavy atom. The van der Waals surface area contributed by atoms with Gasteiger partial charge in [0.1, 0.15) is 18.5 Å². The molecule has 0 aliphatic carbocycles. The minimum absolute atomic E-state index is 0.143. The van der Waals surface area contributed by atoms with Gasteiger partial charge in [-0.15, -0.1) is 0 Å². The van der Waals surface area contributed by atoms with Crippen LogP contribution < -0.4 is 14.0 Å². The number of fused-ring (bicyclic) bond motifs is 1. The fraction of sp³-hybridized carbons (Fsp3) is 0.250. The Morgan fingerprint density at radius 1 is 1.00 bits per heavy atom. The summed E-state index contributed by atoms with van der Waals surface area (Å²) in [6.07, 6.45) is 4.84. The maximum absolute atomic E-state index is 8.86. The summed E-state index contributed by atoms with van der Waals surface area (Å²) in [5, 5.41) is 11.2. The highest BCUT2D eigenvalue weighted by molar-refractivity contribution is 5.95. The molecule has 0 radical (unpaired) electrons. The van der Waals surface area contributed by atoms with Crippen LogP contribution in [0.2, 0.25) is 0 Å². The summed E-state index contributed by atoms with van der Waals surface area (Å²) >= 11 is 0. The normalized spacial score (nSPS) is 10.8. The molecule has 24 heavy (non-hydrogen) atoms. The molecule has 2 aromatic carbocycles. The van der Waals surface area contributed by atoms with Crippen LogP contribution in [-0.4, -0.2) is 25.4 Å². The first-order chi connectivity index (χ1) is 11.7. The van der Waals surface area contributed by atoms with Crippen LogP contribution in [0.15, 0.2) is 54.9 Å². The zero-order chi connectivity index (χ0) is 16.9. The molecule has 0 aliphatic heterocycles. The summed E-state index contributed by atoms with van der Waals surface area (Å²) in [6, 6.07) is 14.2. The molecule has 1 aromatic heterocycles. The highest BCUT2D eigenvalue weighted by Gasteiger charge is 2.11. The van der Waals surface area contributed by atoms with Crippen LogP contribution in [0.1, 0.15) is 6.42 Å². The van der Waals surface area contributed by atoms with E-state index in [9.17, 15) is 0 Å². The van der Waals surface area contributed by atoms with Gasteiger partial charge in [0.05, 0.1) is 19.3 Å². The number of rotatable bonds is 6. The van der Waals surface area contributed by atoms with Gasteiger partial charge in [-0.1, -0.05) is 12.1 Å². The van der Waals surface area contributed by atoms with Crippen LogP contribution in [-0.2, 0) is 7.05 Å². The average Bonchev–Trinajstić information content (AvgIpc) is 2.61. The molecule has 4 heteroatoms. The van der Waals surface area contributed by atoms with Gasteiger partial charge in [0.15, 0.2) is 12.4 Å². The molecule has 4 nitrogen and oxygen atoms in total. The standard InChI is InChI=1S/C20H22NO3/c1-21-13-16-12-18(24-11-3-10-22)8-9-19(16)20(14-21)15-4-6-17(23-2)7-5-15/h4-9,12-14,22H,3,10-11H2,1-2H3/q+1. The zero-order valence-electron chi connectivity index (χ0n) is 14.0. The van der Waals surface area contributed by atoms with Crippen molar-refractivity contribution in [2.24, 2.45) is 7.05 Å². The van der Waals surface area contributed by atoms with Gasteiger partial charge in [0.2, 0.25) is 0 Å². The van der Waals surface area contributed by atoms with Crippen molar-refractivity contribution in [3.8, 4) is 22.6 Å². The Bertz CT molecular complexity index is 828. The second-order valence-electron chi connectivity index (χ2n) is 5.74. The topological polar surface area (TPSA) is 42.6 Å². The van der Waals surface area contributed by atoms with Crippen LogP contribution in [0, 0.1) is 0 Å². The van der Waals surface area contributed by atoms with E-state index in [1.165, 1.54) is 10.9 Å². The average molecular weight is 324 g/mol. The van der Waals surface area contributed by atoms with Gasteiger partial charge in [0, 0.05) is 23.8 Å². The summed E-state index contributed by atoms with van der Waals surface area (Å²) in [7, 11) is 3.69. The number of ether oxygens (including phenoxy) is 2. The number of pyridine rings is 1. The number of methoxy groups -OCH3 is 1. The highest BCUT2D eigenvalue weighted by Crippen LogP contribution is 2.30. The number of aliphatic hydroxyl groups is 1. The molecule has 124 valence electrons. The van der Waals surface area contributed by atoms with Crippen molar-refractivity contribution in [2.75, 3.05) is 20.3 Å². The first-order valence-corrected chi connectivity index (χ1v) is 8.02. The van der Waals surface area contributed by atoms with Crippen molar-refractivity contribution in [1.82, 2.24) is 0 Å². The second kappa shape index (κ2) is 7.32. The van der Waals surface area contributed by atoms with Gasteiger partial charge in [-0.3, -0.25) is 0 Å². The number of aliphatic hydroxyl groups excluding tert-OH is 1. The smallest absolute Gasteiger partial charge is 0.177 e. The van der Waals surface area contributed by atoms with Crippen LogP contribution in [0.3, 0.4) is 0 Å².